The van der Waals surface area contributed by atoms with Crippen LogP contribution in [0.5, 0.6) is 0 Å². The fourth-order valence-corrected chi connectivity index (χ4v) is 7.34. The minimum absolute atomic E-state index is 0.0530. The van der Waals surface area contributed by atoms with Crippen LogP contribution in [0.3, 0.4) is 0 Å². The van der Waals surface area contributed by atoms with Gasteiger partial charge in [0.2, 0.25) is 0 Å². The van der Waals surface area contributed by atoms with Crippen molar-refractivity contribution in [2.45, 2.75) is 70.9 Å². The molecule has 7 rings (SSSR count). The predicted molar refractivity (Wildman–Crippen MR) is 115 cm³/mol. The first-order valence-corrected chi connectivity index (χ1v) is 11.7. The molecule has 1 aromatic carbocycles. The molecule has 1 aliphatic heterocycles. The summed E-state index contributed by atoms with van der Waals surface area (Å²) in [4.78, 5) is 43.5. The van der Waals surface area contributed by atoms with E-state index in [0.717, 1.165) is 37.9 Å². The van der Waals surface area contributed by atoms with Crippen LogP contribution >= 0.6 is 0 Å². The molecule has 4 bridgehead atoms. The summed E-state index contributed by atoms with van der Waals surface area (Å²) in [5.74, 6) is 2.37. The zero-order chi connectivity index (χ0) is 21.3. The number of hydrogen-bond donors (Lipinski definition) is 0. The molecular formula is C25H28N2O4. The number of ether oxygens (including phenoxy) is 1. The molecule has 6 heteroatoms. The van der Waals surface area contributed by atoms with Crippen molar-refractivity contribution in [1.82, 2.24) is 9.55 Å². The van der Waals surface area contributed by atoms with Gasteiger partial charge in [0.15, 0.2) is 11.9 Å². The van der Waals surface area contributed by atoms with Gasteiger partial charge in [0, 0.05) is 18.4 Å². The average molecular weight is 421 g/mol. The van der Waals surface area contributed by atoms with E-state index in [9.17, 15) is 14.4 Å². The number of aryl methyl sites for hydroxylation is 1. The number of Topliss-reactive ketones (excluding diaryl/α,β-unsaturated/α-hetero) is 1. The van der Waals surface area contributed by atoms with Gasteiger partial charge in [-0.05, 0) is 87.8 Å². The Labute approximate surface area is 181 Å². The lowest BCUT2D eigenvalue weighted by molar-refractivity contribution is -0.152. The number of nitrogens with zero attached hydrogens (tertiary/aromatic N) is 2. The molecule has 1 aromatic heterocycles. The Morgan fingerprint density at radius 1 is 1.13 bits per heavy atom. The summed E-state index contributed by atoms with van der Waals surface area (Å²) in [6.07, 6.45) is 7.65. The van der Waals surface area contributed by atoms with Crippen molar-refractivity contribution in [3.05, 3.63) is 39.9 Å². The molecule has 2 heterocycles. The molecule has 31 heavy (non-hydrogen) atoms. The van der Waals surface area contributed by atoms with E-state index in [-0.39, 0.29) is 16.8 Å². The van der Waals surface area contributed by atoms with Gasteiger partial charge >= 0.3 is 5.97 Å². The second-order valence-corrected chi connectivity index (χ2v) is 10.4. The summed E-state index contributed by atoms with van der Waals surface area (Å²) in [6, 6.07) is 4.89. The third-order valence-corrected chi connectivity index (χ3v) is 8.27. The van der Waals surface area contributed by atoms with Crippen LogP contribution in [-0.4, -0.2) is 27.4 Å². The predicted octanol–water partition coefficient (Wildman–Crippen LogP) is 3.67. The maximum Gasteiger partial charge on any atom is 0.338 e. The monoisotopic (exact) mass is 420 g/mol. The Morgan fingerprint density at radius 2 is 1.81 bits per heavy atom. The molecule has 4 aliphatic carbocycles. The number of carbonyl (C=O) groups is 2. The van der Waals surface area contributed by atoms with E-state index in [1.807, 2.05) is 0 Å². The lowest BCUT2D eigenvalue weighted by atomic mass is 9.48. The SMILES string of the molecule is CC(OC(=O)c1ccc2c(=O)n3c(nc2c1)CCC3)C(=O)C12CC3CC(CC(C3)C1)C2. The van der Waals surface area contributed by atoms with Crippen LogP contribution in [0.25, 0.3) is 10.9 Å². The molecular weight excluding hydrogens is 392 g/mol. The number of ketones is 1. The lowest BCUT2D eigenvalue weighted by Gasteiger charge is -2.56. The summed E-state index contributed by atoms with van der Waals surface area (Å²) in [6.45, 7) is 2.42. The van der Waals surface area contributed by atoms with Crippen LogP contribution in [-0.2, 0) is 22.5 Å². The third-order valence-electron chi connectivity index (χ3n) is 8.27. The Morgan fingerprint density at radius 3 is 2.48 bits per heavy atom. The summed E-state index contributed by atoms with van der Waals surface area (Å²) in [7, 11) is 0. The zero-order valence-corrected chi connectivity index (χ0v) is 17.9. The van der Waals surface area contributed by atoms with Gasteiger partial charge in [-0.1, -0.05) is 0 Å². The smallest absolute Gasteiger partial charge is 0.338 e. The molecule has 162 valence electrons. The highest BCUT2D eigenvalue weighted by Crippen LogP contribution is 2.60. The molecule has 6 nitrogen and oxygen atoms in total. The highest BCUT2D eigenvalue weighted by Gasteiger charge is 2.55. The molecule has 4 saturated carbocycles. The van der Waals surface area contributed by atoms with Gasteiger partial charge in [0.05, 0.1) is 16.5 Å². The van der Waals surface area contributed by atoms with Gasteiger partial charge in [-0.3, -0.25) is 14.2 Å². The highest BCUT2D eigenvalue weighted by molar-refractivity contribution is 5.97. The van der Waals surface area contributed by atoms with E-state index in [4.69, 9.17) is 4.74 Å². The first kappa shape index (κ1) is 19.2. The van der Waals surface area contributed by atoms with Crippen LogP contribution in [0.1, 0.15) is 68.1 Å². The second kappa shape index (κ2) is 6.75. The average Bonchev–Trinajstić information content (AvgIpc) is 3.20. The minimum Gasteiger partial charge on any atom is -0.451 e. The standard InChI is InChI=1S/C25H28N2O4/c1-14(22(28)25-11-15-7-16(12-25)9-17(8-15)13-25)31-24(30)18-4-5-19-20(10-18)26-21-3-2-6-27(21)23(19)29/h4-5,10,14-17H,2-3,6-9,11-13H2,1H3. The molecule has 2 aromatic rings. The summed E-state index contributed by atoms with van der Waals surface area (Å²) in [5, 5.41) is 0.514. The van der Waals surface area contributed by atoms with Gasteiger partial charge in [-0.2, -0.15) is 0 Å². The second-order valence-electron chi connectivity index (χ2n) is 10.4. The molecule has 0 spiro atoms. The van der Waals surface area contributed by atoms with Crippen molar-refractivity contribution in [2.75, 3.05) is 0 Å². The maximum absolute atomic E-state index is 13.4. The van der Waals surface area contributed by atoms with Crippen LogP contribution < -0.4 is 5.56 Å². The highest BCUT2D eigenvalue weighted by atomic mass is 16.5. The van der Waals surface area contributed by atoms with Crippen molar-refractivity contribution in [2.24, 2.45) is 23.2 Å². The van der Waals surface area contributed by atoms with Crippen LogP contribution in [0.2, 0.25) is 0 Å². The van der Waals surface area contributed by atoms with E-state index >= 15 is 0 Å². The first-order chi connectivity index (χ1) is 14.9. The topological polar surface area (TPSA) is 78.3 Å². The van der Waals surface area contributed by atoms with E-state index in [1.165, 1.54) is 19.3 Å². The molecule has 4 fully saturated rings. The van der Waals surface area contributed by atoms with Gasteiger partial charge < -0.3 is 4.74 Å². The third kappa shape index (κ3) is 2.98. The lowest BCUT2D eigenvalue weighted by Crippen LogP contribution is -2.52. The van der Waals surface area contributed by atoms with Crippen molar-refractivity contribution in [3.8, 4) is 0 Å². The largest absolute Gasteiger partial charge is 0.451 e. The number of benzene rings is 1. The molecule has 1 atom stereocenters. The first-order valence-electron chi connectivity index (χ1n) is 11.7. The normalized spacial score (nSPS) is 31.6. The van der Waals surface area contributed by atoms with Gasteiger partial charge in [0.25, 0.3) is 5.56 Å². The Hall–Kier alpha value is -2.50. The van der Waals surface area contributed by atoms with E-state index < -0.39 is 12.1 Å². The van der Waals surface area contributed by atoms with Crippen LogP contribution in [0, 0.1) is 23.2 Å². The molecule has 0 N–H and O–H groups in total. The van der Waals surface area contributed by atoms with E-state index in [1.54, 1.807) is 29.7 Å². The zero-order valence-electron chi connectivity index (χ0n) is 17.9. The van der Waals surface area contributed by atoms with Gasteiger partial charge in [0.1, 0.15) is 5.82 Å². The fraction of sp³-hybridized carbons (Fsp3) is 0.600. The van der Waals surface area contributed by atoms with Crippen LogP contribution in [0.4, 0.5) is 0 Å². The summed E-state index contributed by atoms with van der Waals surface area (Å²) in [5.41, 5.74) is 0.525. The van der Waals surface area contributed by atoms with Crippen LogP contribution in [0.15, 0.2) is 23.0 Å². The molecule has 0 saturated heterocycles. The Kier molecular flexibility index (Phi) is 4.18. The molecule has 5 aliphatic rings. The molecule has 1 unspecified atom stereocenters. The summed E-state index contributed by atoms with van der Waals surface area (Å²) < 4.78 is 7.37. The van der Waals surface area contributed by atoms with Crippen molar-refractivity contribution in [3.63, 3.8) is 0 Å². The van der Waals surface area contributed by atoms with Crippen molar-refractivity contribution < 1.29 is 14.3 Å². The quantitative estimate of drug-likeness (QED) is 0.705. The number of rotatable bonds is 4. The van der Waals surface area contributed by atoms with Crippen molar-refractivity contribution >= 4 is 22.7 Å². The Balaban J connectivity index is 1.23. The van der Waals surface area contributed by atoms with Gasteiger partial charge in [-0.15, -0.1) is 0 Å². The van der Waals surface area contributed by atoms with Crippen molar-refractivity contribution in [1.29, 1.82) is 0 Å². The van der Waals surface area contributed by atoms with E-state index in [2.05, 4.69) is 4.98 Å². The molecule has 0 amide bonds. The number of aromatic nitrogens is 2. The number of fused-ring (bicyclic) bond motifs is 2. The fourth-order valence-electron chi connectivity index (χ4n) is 7.34. The number of hydrogen-bond acceptors (Lipinski definition) is 5. The molecule has 0 radical (unpaired) electrons. The number of carbonyl (C=O) groups excluding carboxylic acids is 2. The maximum atomic E-state index is 13.4. The summed E-state index contributed by atoms with van der Waals surface area (Å²) >= 11 is 0. The van der Waals surface area contributed by atoms with E-state index in [0.29, 0.717) is 40.8 Å². The minimum atomic E-state index is -0.752. The Bertz CT molecular complexity index is 1130. The number of esters is 1. The van der Waals surface area contributed by atoms with Gasteiger partial charge in [-0.25, -0.2) is 9.78 Å².